The molecule has 0 saturated carbocycles. The van der Waals surface area contributed by atoms with Gasteiger partial charge < -0.3 is 15.6 Å². The highest BCUT2D eigenvalue weighted by molar-refractivity contribution is 5.27. The minimum absolute atomic E-state index is 0.338. The molecule has 0 amide bonds. The highest BCUT2D eigenvalue weighted by Crippen LogP contribution is 2.17. The van der Waals surface area contributed by atoms with Gasteiger partial charge in [0.2, 0.25) is 0 Å². The molecule has 1 aliphatic heterocycles. The van der Waals surface area contributed by atoms with Gasteiger partial charge in [-0.2, -0.15) is 0 Å². The van der Waals surface area contributed by atoms with E-state index in [2.05, 4.69) is 11.8 Å². The van der Waals surface area contributed by atoms with Gasteiger partial charge in [0, 0.05) is 19.1 Å². The fourth-order valence-corrected chi connectivity index (χ4v) is 2.84. The maximum absolute atomic E-state index is 10.2. The standard InChI is InChI=1S/C17H28N2O2/c1-14-5-3-2-4-10-19(14)12-16(20)13-21-17-8-6-15(11-18)7-9-17/h6-9,14,16,20H,2-5,10-13,18H2,1H3. The zero-order valence-electron chi connectivity index (χ0n) is 13.0. The normalized spacial score (nSPS) is 21.8. The van der Waals surface area contributed by atoms with Gasteiger partial charge in [0.1, 0.15) is 18.5 Å². The smallest absolute Gasteiger partial charge is 0.119 e. The van der Waals surface area contributed by atoms with Gasteiger partial charge in [0.15, 0.2) is 0 Å². The van der Waals surface area contributed by atoms with Gasteiger partial charge in [-0.05, 0) is 44.0 Å². The van der Waals surface area contributed by atoms with Crippen molar-refractivity contribution in [3.63, 3.8) is 0 Å². The lowest BCUT2D eigenvalue weighted by atomic mass is 10.1. The van der Waals surface area contributed by atoms with Gasteiger partial charge in [-0.25, -0.2) is 0 Å². The second-order valence-electron chi connectivity index (χ2n) is 6.01. The van der Waals surface area contributed by atoms with Crippen LogP contribution < -0.4 is 10.5 Å². The van der Waals surface area contributed by atoms with E-state index < -0.39 is 6.10 Å². The second-order valence-corrected chi connectivity index (χ2v) is 6.01. The average molecular weight is 292 g/mol. The zero-order valence-corrected chi connectivity index (χ0v) is 13.0. The number of rotatable bonds is 6. The molecule has 1 aromatic rings. The van der Waals surface area contributed by atoms with Gasteiger partial charge >= 0.3 is 0 Å². The third-order valence-corrected chi connectivity index (χ3v) is 4.24. The first kappa shape index (κ1) is 16.3. The molecular weight excluding hydrogens is 264 g/mol. The second kappa shape index (κ2) is 8.37. The Labute approximate surface area is 127 Å². The highest BCUT2D eigenvalue weighted by atomic mass is 16.5. The topological polar surface area (TPSA) is 58.7 Å². The third-order valence-electron chi connectivity index (χ3n) is 4.24. The first-order valence-electron chi connectivity index (χ1n) is 8.03. The van der Waals surface area contributed by atoms with Crippen molar-refractivity contribution in [2.45, 2.75) is 51.3 Å². The highest BCUT2D eigenvalue weighted by Gasteiger charge is 2.19. The summed E-state index contributed by atoms with van der Waals surface area (Å²) in [5.41, 5.74) is 6.65. The number of ether oxygens (including phenoxy) is 1. The largest absolute Gasteiger partial charge is 0.491 e. The first-order valence-corrected chi connectivity index (χ1v) is 8.03. The van der Waals surface area contributed by atoms with E-state index >= 15 is 0 Å². The number of benzene rings is 1. The van der Waals surface area contributed by atoms with Crippen LogP contribution in [-0.2, 0) is 6.54 Å². The predicted molar refractivity (Wildman–Crippen MR) is 85.3 cm³/mol. The van der Waals surface area contributed by atoms with E-state index in [1.54, 1.807) is 0 Å². The Morgan fingerprint density at radius 3 is 2.76 bits per heavy atom. The molecule has 2 unspecified atom stereocenters. The predicted octanol–water partition coefficient (Wildman–Crippen LogP) is 2.15. The summed E-state index contributed by atoms with van der Waals surface area (Å²) in [5, 5.41) is 10.2. The molecule has 1 fully saturated rings. The van der Waals surface area contributed by atoms with E-state index in [9.17, 15) is 5.11 Å². The number of aliphatic hydroxyl groups is 1. The Balaban J connectivity index is 1.76. The van der Waals surface area contributed by atoms with Gasteiger partial charge in [-0.3, -0.25) is 4.90 Å². The first-order chi connectivity index (χ1) is 10.2. The summed E-state index contributed by atoms with van der Waals surface area (Å²) in [6.07, 6.45) is 4.63. The summed E-state index contributed by atoms with van der Waals surface area (Å²) in [6, 6.07) is 8.29. The third kappa shape index (κ3) is 5.30. The molecule has 1 saturated heterocycles. The van der Waals surface area contributed by atoms with Crippen LogP contribution in [0.4, 0.5) is 0 Å². The van der Waals surface area contributed by atoms with E-state index in [1.807, 2.05) is 24.3 Å². The summed E-state index contributed by atoms with van der Waals surface area (Å²) in [7, 11) is 0. The number of nitrogens with zero attached hydrogens (tertiary/aromatic N) is 1. The van der Waals surface area contributed by atoms with Crippen molar-refractivity contribution in [2.24, 2.45) is 5.73 Å². The van der Waals surface area contributed by atoms with Crippen molar-refractivity contribution < 1.29 is 9.84 Å². The fourth-order valence-electron chi connectivity index (χ4n) is 2.84. The number of hydrogen-bond donors (Lipinski definition) is 2. The maximum atomic E-state index is 10.2. The summed E-state index contributed by atoms with van der Waals surface area (Å²) < 4.78 is 5.66. The number of aliphatic hydroxyl groups excluding tert-OH is 1. The van der Waals surface area contributed by atoms with Crippen LogP contribution in [-0.4, -0.2) is 41.8 Å². The van der Waals surface area contributed by atoms with Crippen LogP contribution in [0.2, 0.25) is 0 Å². The molecule has 0 aromatic heterocycles. The van der Waals surface area contributed by atoms with Crippen molar-refractivity contribution in [3.8, 4) is 5.75 Å². The Hall–Kier alpha value is -1.10. The molecule has 1 aromatic carbocycles. The van der Waals surface area contributed by atoms with Gasteiger partial charge in [0.05, 0.1) is 0 Å². The van der Waals surface area contributed by atoms with E-state index in [1.165, 1.54) is 25.7 Å². The van der Waals surface area contributed by atoms with Crippen LogP contribution in [0.25, 0.3) is 0 Å². The van der Waals surface area contributed by atoms with Crippen LogP contribution in [0, 0.1) is 0 Å². The molecule has 118 valence electrons. The lowest BCUT2D eigenvalue weighted by Crippen LogP contribution is -2.40. The van der Waals surface area contributed by atoms with Crippen LogP contribution in [0.5, 0.6) is 5.75 Å². The van der Waals surface area contributed by atoms with Crippen molar-refractivity contribution in [1.82, 2.24) is 4.90 Å². The van der Waals surface area contributed by atoms with Crippen LogP contribution >= 0.6 is 0 Å². The number of hydrogen-bond acceptors (Lipinski definition) is 4. The molecule has 2 atom stereocenters. The van der Waals surface area contributed by atoms with Crippen molar-refractivity contribution >= 4 is 0 Å². The Morgan fingerprint density at radius 2 is 2.05 bits per heavy atom. The monoisotopic (exact) mass is 292 g/mol. The van der Waals surface area contributed by atoms with Crippen molar-refractivity contribution in [1.29, 1.82) is 0 Å². The van der Waals surface area contributed by atoms with Gasteiger partial charge in [0.25, 0.3) is 0 Å². The van der Waals surface area contributed by atoms with E-state index in [0.29, 0.717) is 25.7 Å². The molecule has 0 radical (unpaired) electrons. The molecule has 0 aliphatic carbocycles. The van der Waals surface area contributed by atoms with E-state index in [4.69, 9.17) is 10.5 Å². The molecule has 0 spiro atoms. The fraction of sp³-hybridized carbons (Fsp3) is 0.647. The van der Waals surface area contributed by atoms with Crippen LogP contribution in [0.15, 0.2) is 24.3 Å². The summed E-state index contributed by atoms with van der Waals surface area (Å²) in [5.74, 6) is 0.787. The molecule has 4 nitrogen and oxygen atoms in total. The summed E-state index contributed by atoms with van der Waals surface area (Å²) >= 11 is 0. The quantitative estimate of drug-likeness (QED) is 0.843. The Bertz CT molecular complexity index is 408. The molecule has 4 heteroatoms. The zero-order chi connectivity index (χ0) is 15.1. The van der Waals surface area contributed by atoms with Crippen LogP contribution in [0.1, 0.15) is 38.2 Å². The molecule has 3 N–H and O–H groups in total. The SMILES string of the molecule is CC1CCCCCN1CC(O)COc1ccc(CN)cc1. The number of nitrogens with two attached hydrogens (primary N) is 1. The lowest BCUT2D eigenvalue weighted by Gasteiger charge is -2.29. The minimum Gasteiger partial charge on any atom is -0.491 e. The molecule has 1 aliphatic rings. The summed E-state index contributed by atoms with van der Waals surface area (Å²) in [4.78, 5) is 2.39. The molecule has 21 heavy (non-hydrogen) atoms. The van der Waals surface area contributed by atoms with E-state index in [0.717, 1.165) is 17.9 Å². The number of β-amino-alcohol motifs (C(OH)–C–C–N with tert-alkyl or cyclic N) is 1. The van der Waals surface area contributed by atoms with Crippen molar-refractivity contribution in [2.75, 3.05) is 19.7 Å². The molecule has 1 heterocycles. The van der Waals surface area contributed by atoms with Crippen LogP contribution in [0.3, 0.4) is 0 Å². The van der Waals surface area contributed by atoms with E-state index in [-0.39, 0.29) is 0 Å². The van der Waals surface area contributed by atoms with Gasteiger partial charge in [-0.1, -0.05) is 25.0 Å². The number of likely N-dealkylation sites (tertiary alicyclic amines) is 1. The maximum Gasteiger partial charge on any atom is 0.119 e. The Morgan fingerprint density at radius 1 is 1.29 bits per heavy atom. The molecule has 2 rings (SSSR count). The Kier molecular flexibility index (Phi) is 6.49. The van der Waals surface area contributed by atoms with Crippen molar-refractivity contribution in [3.05, 3.63) is 29.8 Å². The lowest BCUT2D eigenvalue weighted by molar-refractivity contribution is 0.0559. The van der Waals surface area contributed by atoms with Gasteiger partial charge in [-0.15, -0.1) is 0 Å². The average Bonchev–Trinajstić information content (AvgIpc) is 2.71. The molecule has 0 bridgehead atoms. The summed E-state index contributed by atoms with van der Waals surface area (Å²) in [6.45, 7) is 4.91. The minimum atomic E-state index is -0.445. The molecular formula is C17H28N2O2.